The molecule has 10 heteroatoms. The molecule has 0 saturated heterocycles. The predicted octanol–water partition coefficient (Wildman–Crippen LogP) is 3.96. The summed E-state index contributed by atoms with van der Waals surface area (Å²) in [7, 11) is -2.55. The molecule has 2 aromatic rings. The Kier molecular flexibility index (Phi) is 6.76. The zero-order valence-corrected chi connectivity index (χ0v) is 16.8. The molecule has 6 nitrogen and oxygen atoms in total. The normalized spacial score (nSPS) is 12.5. The standard InChI is InChI=1S/C16H15Cl3N2O4S/c1-9(16(22)20-14-7-10(17)3-5-12(14)18)21-26(23,24)11-4-6-15(25-2)13(19)8-11/h3-9,21H,1-2H3,(H,20,22)/t9-/m0/s1. The first-order valence-electron chi connectivity index (χ1n) is 7.26. The van der Waals surface area contributed by atoms with Gasteiger partial charge in [-0.05, 0) is 43.3 Å². The number of sulfonamides is 1. The molecule has 0 spiro atoms. The second-order valence-electron chi connectivity index (χ2n) is 5.25. The van der Waals surface area contributed by atoms with Crippen LogP contribution in [-0.2, 0) is 14.8 Å². The fraction of sp³-hybridized carbons (Fsp3) is 0.188. The van der Waals surface area contributed by atoms with E-state index in [1.165, 1.54) is 44.4 Å². The van der Waals surface area contributed by atoms with Gasteiger partial charge in [0.2, 0.25) is 15.9 Å². The van der Waals surface area contributed by atoms with E-state index in [2.05, 4.69) is 10.0 Å². The van der Waals surface area contributed by atoms with Gasteiger partial charge >= 0.3 is 0 Å². The third kappa shape index (κ3) is 5.02. The lowest BCUT2D eigenvalue weighted by molar-refractivity contribution is -0.117. The molecular weight excluding hydrogens is 423 g/mol. The molecule has 140 valence electrons. The monoisotopic (exact) mass is 436 g/mol. The highest BCUT2D eigenvalue weighted by molar-refractivity contribution is 7.89. The van der Waals surface area contributed by atoms with Crippen molar-refractivity contribution in [2.75, 3.05) is 12.4 Å². The smallest absolute Gasteiger partial charge is 0.242 e. The number of benzene rings is 2. The van der Waals surface area contributed by atoms with E-state index in [1.807, 2.05) is 0 Å². The summed E-state index contributed by atoms with van der Waals surface area (Å²) in [5, 5.41) is 3.32. The molecule has 0 radical (unpaired) electrons. The molecule has 0 fully saturated rings. The van der Waals surface area contributed by atoms with Gasteiger partial charge in [-0.2, -0.15) is 4.72 Å². The van der Waals surface area contributed by atoms with Crippen LogP contribution in [0, 0.1) is 0 Å². The summed E-state index contributed by atoms with van der Waals surface area (Å²) in [6, 6.07) is 7.47. The SMILES string of the molecule is COc1ccc(S(=O)(=O)N[C@@H](C)C(=O)Nc2cc(Cl)ccc2Cl)cc1Cl. The summed E-state index contributed by atoms with van der Waals surface area (Å²) in [5.74, 6) is -0.260. The summed E-state index contributed by atoms with van der Waals surface area (Å²) in [6.45, 7) is 1.40. The van der Waals surface area contributed by atoms with Gasteiger partial charge in [0.15, 0.2) is 0 Å². The molecule has 0 bridgehead atoms. The molecule has 0 aliphatic heterocycles. The number of hydrogen-bond acceptors (Lipinski definition) is 4. The highest BCUT2D eigenvalue weighted by Gasteiger charge is 2.23. The molecule has 2 aromatic carbocycles. The number of methoxy groups -OCH3 is 1. The highest BCUT2D eigenvalue weighted by atomic mass is 35.5. The van der Waals surface area contributed by atoms with Gasteiger partial charge in [-0.1, -0.05) is 34.8 Å². The Morgan fingerprint density at radius 3 is 2.38 bits per heavy atom. The number of carbonyl (C=O) groups excluding carboxylic acids is 1. The van der Waals surface area contributed by atoms with Crippen LogP contribution >= 0.6 is 34.8 Å². The van der Waals surface area contributed by atoms with Crippen LogP contribution in [0.5, 0.6) is 5.75 Å². The summed E-state index contributed by atoms with van der Waals surface area (Å²) < 4.78 is 32.1. The van der Waals surface area contributed by atoms with Gasteiger partial charge in [0, 0.05) is 5.02 Å². The molecule has 0 aromatic heterocycles. The van der Waals surface area contributed by atoms with Crippen LogP contribution in [0.1, 0.15) is 6.92 Å². The average molecular weight is 438 g/mol. The molecule has 0 heterocycles. The number of hydrogen-bond donors (Lipinski definition) is 2. The topological polar surface area (TPSA) is 84.5 Å². The van der Waals surface area contributed by atoms with E-state index in [1.54, 1.807) is 6.07 Å². The number of nitrogens with one attached hydrogen (secondary N) is 2. The third-order valence-electron chi connectivity index (χ3n) is 3.35. The summed E-state index contributed by atoms with van der Waals surface area (Å²) >= 11 is 17.8. The maximum Gasteiger partial charge on any atom is 0.242 e. The van der Waals surface area contributed by atoms with Crippen LogP contribution in [0.25, 0.3) is 0 Å². The second-order valence-corrected chi connectivity index (χ2v) is 8.22. The Bertz CT molecular complexity index is 935. The lowest BCUT2D eigenvalue weighted by atomic mass is 10.3. The number of halogens is 3. The first-order chi connectivity index (χ1) is 12.1. The first kappa shape index (κ1) is 20.8. The molecular formula is C16H15Cl3N2O4S. The third-order valence-corrected chi connectivity index (χ3v) is 5.74. The Morgan fingerprint density at radius 2 is 1.77 bits per heavy atom. The van der Waals surface area contributed by atoms with E-state index in [4.69, 9.17) is 39.5 Å². The van der Waals surface area contributed by atoms with Crippen molar-refractivity contribution in [3.8, 4) is 5.75 Å². The fourth-order valence-corrected chi connectivity index (χ4v) is 3.89. The number of carbonyl (C=O) groups is 1. The molecule has 0 aliphatic carbocycles. The maximum absolute atomic E-state index is 12.4. The van der Waals surface area contributed by atoms with Crippen molar-refractivity contribution in [1.82, 2.24) is 4.72 Å². The summed E-state index contributed by atoms with van der Waals surface area (Å²) in [6.07, 6.45) is 0. The maximum atomic E-state index is 12.4. The van der Waals surface area contributed by atoms with Gasteiger partial charge in [0.25, 0.3) is 0 Å². The van der Waals surface area contributed by atoms with Gasteiger partial charge in [0.1, 0.15) is 5.75 Å². The summed E-state index contributed by atoms with van der Waals surface area (Å²) in [5.41, 5.74) is 0.280. The van der Waals surface area contributed by atoms with Crippen molar-refractivity contribution >= 4 is 56.4 Å². The minimum atomic E-state index is -3.97. The van der Waals surface area contributed by atoms with Gasteiger partial charge in [-0.25, -0.2) is 8.42 Å². The van der Waals surface area contributed by atoms with E-state index in [0.29, 0.717) is 10.8 Å². The average Bonchev–Trinajstić information content (AvgIpc) is 2.57. The van der Waals surface area contributed by atoms with E-state index >= 15 is 0 Å². The number of anilines is 1. The molecule has 0 unspecified atom stereocenters. The molecule has 2 N–H and O–H groups in total. The minimum absolute atomic E-state index is 0.0938. The molecule has 1 amide bonds. The zero-order valence-electron chi connectivity index (χ0n) is 13.7. The van der Waals surface area contributed by atoms with Gasteiger partial charge in [-0.3, -0.25) is 4.79 Å². The number of rotatable bonds is 6. The highest BCUT2D eigenvalue weighted by Crippen LogP contribution is 2.27. The van der Waals surface area contributed by atoms with Crippen LogP contribution < -0.4 is 14.8 Å². The van der Waals surface area contributed by atoms with Crippen molar-refractivity contribution in [1.29, 1.82) is 0 Å². The largest absolute Gasteiger partial charge is 0.495 e. The molecule has 26 heavy (non-hydrogen) atoms. The van der Waals surface area contributed by atoms with Crippen LogP contribution in [0.2, 0.25) is 15.1 Å². The van der Waals surface area contributed by atoms with E-state index in [9.17, 15) is 13.2 Å². The Balaban J connectivity index is 2.14. The lowest BCUT2D eigenvalue weighted by Crippen LogP contribution is -2.41. The summed E-state index contributed by atoms with van der Waals surface area (Å²) in [4.78, 5) is 12.2. The zero-order chi connectivity index (χ0) is 19.5. The van der Waals surface area contributed by atoms with Crippen molar-refractivity contribution in [2.24, 2.45) is 0 Å². The van der Waals surface area contributed by atoms with Crippen LogP contribution in [0.3, 0.4) is 0 Å². The molecule has 0 saturated carbocycles. The first-order valence-corrected chi connectivity index (χ1v) is 9.87. The van der Waals surface area contributed by atoms with Crippen LogP contribution in [-0.4, -0.2) is 27.5 Å². The van der Waals surface area contributed by atoms with Gasteiger partial charge in [-0.15, -0.1) is 0 Å². The molecule has 0 aliphatic rings. The molecule has 2 rings (SSSR count). The van der Waals surface area contributed by atoms with Gasteiger partial charge in [0.05, 0.1) is 33.8 Å². The minimum Gasteiger partial charge on any atom is -0.495 e. The Hall–Kier alpha value is -1.51. The van der Waals surface area contributed by atoms with Crippen molar-refractivity contribution < 1.29 is 17.9 Å². The van der Waals surface area contributed by atoms with E-state index < -0.39 is 22.0 Å². The van der Waals surface area contributed by atoms with Crippen molar-refractivity contribution in [3.63, 3.8) is 0 Å². The number of ether oxygens (including phenoxy) is 1. The molecule has 1 atom stereocenters. The van der Waals surface area contributed by atoms with Crippen molar-refractivity contribution in [2.45, 2.75) is 17.9 Å². The lowest BCUT2D eigenvalue weighted by Gasteiger charge is -2.15. The van der Waals surface area contributed by atoms with Crippen LogP contribution in [0.4, 0.5) is 5.69 Å². The number of amides is 1. The van der Waals surface area contributed by atoms with E-state index in [-0.39, 0.29) is 20.6 Å². The second kappa shape index (κ2) is 8.45. The fourth-order valence-electron chi connectivity index (χ4n) is 2.00. The van der Waals surface area contributed by atoms with Gasteiger partial charge < -0.3 is 10.1 Å². The Morgan fingerprint density at radius 1 is 1.08 bits per heavy atom. The quantitative estimate of drug-likeness (QED) is 0.716. The predicted molar refractivity (Wildman–Crippen MR) is 103 cm³/mol. The van der Waals surface area contributed by atoms with Crippen molar-refractivity contribution in [3.05, 3.63) is 51.5 Å². The van der Waals surface area contributed by atoms with Crippen LogP contribution in [0.15, 0.2) is 41.3 Å². The van der Waals surface area contributed by atoms with E-state index in [0.717, 1.165) is 0 Å². The Labute approximate surface area is 166 Å².